The number of furan rings is 1. The van der Waals surface area contributed by atoms with Crippen LogP contribution in [0.4, 0.5) is 15.9 Å². The van der Waals surface area contributed by atoms with Gasteiger partial charge in [-0.15, -0.1) is 0 Å². The van der Waals surface area contributed by atoms with Crippen LogP contribution in [0.25, 0.3) is 33.6 Å². The van der Waals surface area contributed by atoms with Gasteiger partial charge in [0.1, 0.15) is 23.7 Å². The van der Waals surface area contributed by atoms with E-state index in [-0.39, 0.29) is 31.0 Å². The quantitative estimate of drug-likeness (QED) is 0.118. The number of hydrogen-bond acceptors (Lipinski definition) is 7. The van der Waals surface area contributed by atoms with Crippen molar-refractivity contribution in [3.63, 3.8) is 0 Å². The summed E-state index contributed by atoms with van der Waals surface area (Å²) in [6, 6.07) is 30.8. The largest absolute Gasteiger partial charge is 0.437 e. The normalized spacial score (nSPS) is 12.1. The maximum absolute atomic E-state index is 13.8. The molecule has 6 rings (SSSR count). The van der Waals surface area contributed by atoms with Crippen molar-refractivity contribution in [3.05, 3.63) is 144 Å². The summed E-state index contributed by atoms with van der Waals surface area (Å²) in [6.45, 7) is 1.11. The number of rotatable bonds is 13. The number of fused-ring (bicyclic) bond motifs is 1. The van der Waals surface area contributed by atoms with Crippen molar-refractivity contribution in [2.45, 2.75) is 12.6 Å². The Balaban J connectivity index is 1.39. The lowest BCUT2D eigenvalue weighted by Gasteiger charge is -2.21. The average Bonchev–Trinajstić information content (AvgIpc) is 3.49. The summed E-state index contributed by atoms with van der Waals surface area (Å²) < 4.78 is 26.4. The third-order valence-corrected chi connectivity index (χ3v) is 7.96. The molecule has 0 radical (unpaired) electrons. The highest BCUT2D eigenvalue weighted by molar-refractivity contribution is 6.30. The zero-order valence-corrected chi connectivity index (χ0v) is 27.8. The van der Waals surface area contributed by atoms with Gasteiger partial charge in [-0.1, -0.05) is 84.4 Å². The van der Waals surface area contributed by atoms with Crippen molar-refractivity contribution < 1.29 is 18.3 Å². The molecule has 0 aliphatic carbocycles. The SMILES string of the molecule is CN(C)CC=CC(=O)Nc1cccc(-c2c(-c3ccccc3)oc3ncnc(N[C@H](COCc4cccc(F)c4)c4ccc(Cl)cc4)c23)c1. The number of carbonyl (C=O) groups is 1. The van der Waals surface area contributed by atoms with Crippen molar-refractivity contribution >= 4 is 40.1 Å². The number of anilines is 2. The number of carbonyl (C=O) groups excluding carboxylic acids is 1. The number of halogens is 2. The monoisotopic (exact) mass is 675 g/mol. The fourth-order valence-corrected chi connectivity index (χ4v) is 5.55. The van der Waals surface area contributed by atoms with Crippen molar-refractivity contribution in [2.75, 3.05) is 37.9 Å². The highest BCUT2D eigenvalue weighted by Crippen LogP contribution is 2.43. The van der Waals surface area contributed by atoms with Crippen LogP contribution in [-0.2, 0) is 16.1 Å². The van der Waals surface area contributed by atoms with E-state index >= 15 is 0 Å². The summed E-state index contributed by atoms with van der Waals surface area (Å²) in [6.07, 6.45) is 4.79. The van der Waals surface area contributed by atoms with E-state index in [0.29, 0.717) is 39.9 Å². The Bertz CT molecular complexity index is 2070. The molecule has 8 nitrogen and oxygen atoms in total. The molecule has 0 saturated heterocycles. The molecule has 1 atom stereocenters. The number of aromatic nitrogens is 2. The summed E-state index contributed by atoms with van der Waals surface area (Å²) in [5, 5.41) is 7.81. The van der Waals surface area contributed by atoms with E-state index < -0.39 is 0 Å². The lowest BCUT2D eigenvalue weighted by Crippen LogP contribution is -2.18. The lowest BCUT2D eigenvalue weighted by molar-refractivity contribution is -0.111. The highest BCUT2D eigenvalue weighted by atomic mass is 35.5. The van der Waals surface area contributed by atoms with Crippen LogP contribution in [0.5, 0.6) is 0 Å². The topological polar surface area (TPSA) is 92.5 Å². The Morgan fingerprint density at radius 3 is 2.51 bits per heavy atom. The summed E-state index contributed by atoms with van der Waals surface area (Å²) in [5.41, 5.74) is 5.08. The molecule has 6 aromatic rings. The van der Waals surface area contributed by atoms with E-state index in [1.165, 1.54) is 24.5 Å². The first-order valence-corrected chi connectivity index (χ1v) is 16.1. The molecule has 49 heavy (non-hydrogen) atoms. The number of benzene rings is 4. The molecule has 1 amide bonds. The first kappa shape index (κ1) is 33.5. The van der Waals surface area contributed by atoms with E-state index in [0.717, 1.165) is 27.8 Å². The predicted molar refractivity (Wildman–Crippen MR) is 193 cm³/mol. The van der Waals surface area contributed by atoms with Gasteiger partial charge >= 0.3 is 0 Å². The molecular formula is C39H35ClFN5O3. The van der Waals surface area contributed by atoms with Crippen LogP contribution in [0, 0.1) is 5.82 Å². The minimum Gasteiger partial charge on any atom is -0.437 e. The number of nitrogens with zero attached hydrogens (tertiary/aromatic N) is 3. The van der Waals surface area contributed by atoms with Gasteiger partial charge < -0.3 is 24.7 Å². The lowest BCUT2D eigenvalue weighted by atomic mass is 9.98. The van der Waals surface area contributed by atoms with E-state index in [4.69, 9.17) is 20.8 Å². The fraction of sp³-hybridized carbons (Fsp3) is 0.154. The minimum absolute atomic E-state index is 0.223. The Morgan fingerprint density at radius 2 is 1.73 bits per heavy atom. The van der Waals surface area contributed by atoms with Crippen molar-refractivity contribution in [2.24, 2.45) is 0 Å². The van der Waals surface area contributed by atoms with E-state index in [1.54, 1.807) is 6.07 Å². The number of ether oxygens (including phenoxy) is 1. The van der Waals surface area contributed by atoms with Gasteiger partial charge in [-0.3, -0.25) is 4.79 Å². The van der Waals surface area contributed by atoms with Crippen LogP contribution in [0.15, 0.2) is 126 Å². The second kappa shape index (κ2) is 15.7. The molecule has 10 heteroatoms. The number of amides is 1. The maximum Gasteiger partial charge on any atom is 0.248 e. The molecule has 0 unspecified atom stereocenters. The van der Waals surface area contributed by atoms with Crippen LogP contribution >= 0.6 is 11.6 Å². The summed E-state index contributed by atoms with van der Waals surface area (Å²) in [7, 11) is 3.88. The van der Waals surface area contributed by atoms with Gasteiger partial charge in [-0.25, -0.2) is 14.4 Å². The molecule has 0 aliphatic heterocycles. The van der Waals surface area contributed by atoms with Crippen LogP contribution in [-0.4, -0.2) is 48.0 Å². The summed E-state index contributed by atoms with van der Waals surface area (Å²) >= 11 is 6.23. The molecule has 0 aliphatic rings. The van der Waals surface area contributed by atoms with Gasteiger partial charge in [0.15, 0.2) is 0 Å². The van der Waals surface area contributed by atoms with Gasteiger partial charge in [-0.2, -0.15) is 0 Å². The summed E-state index contributed by atoms with van der Waals surface area (Å²) in [5.74, 6) is 0.595. The molecular weight excluding hydrogens is 641 g/mol. The molecule has 0 bridgehead atoms. The Labute approximate surface area is 289 Å². The Kier molecular flexibility index (Phi) is 10.7. The molecule has 0 spiro atoms. The van der Waals surface area contributed by atoms with Gasteiger partial charge in [-0.05, 0) is 67.2 Å². The van der Waals surface area contributed by atoms with Gasteiger partial charge in [0.25, 0.3) is 0 Å². The van der Waals surface area contributed by atoms with Gasteiger partial charge in [0, 0.05) is 34.5 Å². The first-order valence-electron chi connectivity index (χ1n) is 15.7. The smallest absolute Gasteiger partial charge is 0.248 e. The van der Waals surface area contributed by atoms with Gasteiger partial charge in [0.2, 0.25) is 11.6 Å². The van der Waals surface area contributed by atoms with E-state index in [1.807, 2.05) is 110 Å². The Morgan fingerprint density at radius 1 is 0.959 bits per heavy atom. The molecule has 0 saturated carbocycles. The molecule has 2 N–H and O–H groups in total. The van der Waals surface area contributed by atoms with E-state index in [2.05, 4.69) is 20.6 Å². The van der Waals surface area contributed by atoms with Gasteiger partial charge in [0.05, 0.1) is 24.6 Å². The second-order valence-electron chi connectivity index (χ2n) is 11.7. The van der Waals surface area contributed by atoms with Crippen molar-refractivity contribution in [1.29, 1.82) is 0 Å². The molecule has 4 aromatic carbocycles. The van der Waals surface area contributed by atoms with Crippen molar-refractivity contribution in [1.82, 2.24) is 14.9 Å². The third kappa shape index (κ3) is 8.58. The standard InChI is InChI=1S/C39H35ClFN5O3/c1-46(2)20-8-15-34(47)44-32-14-7-12-29(22-32)35-36-38(42-25-43-39(36)49-37(35)28-10-4-3-5-11-28)45-33(27-16-18-30(40)19-17-27)24-48-23-26-9-6-13-31(41)21-26/h3-19,21-22,25,33H,20,23-24H2,1-2H3,(H,44,47)(H,42,43,45)/t33-/m1/s1. The predicted octanol–water partition coefficient (Wildman–Crippen LogP) is 8.78. The average molecular weight is 676 g/mol. The number of likely N-dealkylation sites (N-methyl/N-ethyl adjacent to an activating group) is 1. The van der Waals surface area contributed by atoms with E-state index in [9.17, 15) is 9.18 Å². The maximum atomic E-state index is 13.8. The second-order valence-corrected chi connectivity index (χ2v) is 12.1. The van der Waals surface area contributed by atoms with Crippen LogP contribution in [0.3, 0.4) is 0 Å². The highest BCUT2D eigenvalue weighted by Gasteiger charge is 2.24. The molecule has 2 heterocycles. The minimum atomic E-state index is -0.369. The van der Waals surface area contributed by atoms with Crippen molar-refractivity contribution in [3.8, 4) is 22.5 Å². The molecule has 248 valence electrons. The van der Waals surface area contributed by atoms with Crippen LogP contribution < -0.4 is 10.6 Å². The summed E-state index contributed by atoms with van der Waals surface area (Å²) in [4.78, 5) is 23.9. The number of nitrogens with one attached hydrogen (secondary N) is 2. The van der Waals surface area contributed by atoms with Crippen LogP contribution in [0.1, 0.15) is 17.2 Å². The van der Waals surface area contributed by atoms with Crippen LogP contribution in [0.2, 0.25) is 5.02 Å². The zero-order valence-electron chi connectivity index (χ0n) is 27.1. The Hall–Kier alpha value is -5.35. The zero-order chi connectivity index (χ0) is 34.2. The number of hydrogen-bond donors (Lipinski definition) is 2. The first-order chi connectivity index (χ1) is 23.8. The third-order valence-electron chi connectivity index (χ3n) is 7.71. The molecule has 2 aromatic heterocycles. The molecule has 0 fully saturated rings. The fourth-order valence-electron chi connectivity index (χ4n) is 5.42.